The molecule has 0 atom stereocenters. The van der Waals surface area contributed by atoms with Crippen LogP contribution in [0.2, 0.25) is 0 Å². The molecule has 0 aliphatic carbocycles. The first-order valence-electron chi connectivity index (χ1n) is 6.37. The van der Waals surface area contributed by atoms with E-state index in [4.69, 9.17) is 0 Å². The minimum Gasteiger partial charge on any atom is -0.304 e. The number of rotatable bonds is 8. The fourth-order valence-corrected chi connectivity index (χ4v) is 2.83. The SMILES string of the molecule is CCN(CC)CCCNS(=O)(=O)c1ccccc1. The van der Waals surface area contributed by atoms with Crippen molar-refractivity contribution < 1.29 is 8.42 Å². The molecule has 0 amide bonds. The Hall–Kier alpha value is -0.910. The van der Waals surface area contributed by atoms with E-state index in [0.717, 1.165) is 26.1 Å². The Kier molecular flexibility index (Phi) is 6.32. The van der Waals surface area contributed by atoms with Crippen LogP contribution in [0.3, 0.4) is 0 Å². The Morgan fingerprint density at radius 1 is 1.11 bits per heavy atom. The normalized spacial score (nSPS) is 11.9. The third-order valence-corrected chi connectivity index (χ3v) is 4.37. The maximum atomic E-state index is 11.9. The molecule has 0 spiro atoms. The van der Waals surface area contributed by atoms with Gasteiger partial charge in [-0.25, -0.2) is 13.1 Å². The lowest BCUT2D eigenvalue weighted by atomic mass is 10.4. The largest absolute Gasteiger partial charge is 0.304 e. The van der Waals surface area contributed by atoms with Gasteiger partial charge in [0.15, 0.2) is 0 Å². The number of nitrogens with zero attached hydrogens (tertiary/aromatic N) is 1. The van der Waals surface area contributed by atoms with Crippen LogP contribution in [0.4, 0.5) is 0 Å². The molecule has 0 aliphatic rings. The second-order valence-electron chi connectivity index (χ2n) is 4.09. The Bertz CT molecular complexity index is 428. The van der Waals surface area contributed by atoms with Gasteiger partial charge in [-0.2, -0.15) is 0 Å². The zero-order valence-corrected chi connectivity index (χ0v) is 11.9. The van der Waals surface area contributed by atoms with Crippen molar-refractivity contribution in [2.45, 2.75) is 25.2 Å². The third-order valence-electron chi connectivity index (χ3n) is 2.89. The zero-order valence-electron chi connectivity index (χ0n) is 11.1. The van der Waals surface area contributed by atoms with Gasteiger partial charge in [-0.1, -0.05) is 32.0 Å². The summed E-state index contributed by atoms with van der Waals surface area (Å²) in [6.07, 6.45) is 0.827. The molecule has 0 fully saturated rings. The van der Waals surface area contributed by atoms with E-state index in [-0.39, 0.29) is 0 Å². The first-order valence-corrected chi connectivity index (χ1v) is 7.85. The van der Waals surface area contributed by atoms with Crippen LogP contribution in [0, 0.1) is 0 Å². The summed E-state index contributed by atoms with van der Waals surface area (Å²) < 4.78 is 26.4. The van der Waals surface area contributed by atoms with Crippen molar-refractivity contribution in [3.05, 3.63) is 30.3 Å². The van der Waals surface area contributed by atoms with Crippen molar-refractivity contribution in [3.63, 3.8) is 0 Å². The molecular weight excluding hydrogens is 248 g/mol. The summed E-state index contributed by atoms with van der Waals surface area (Å²) in [5.74, 6) is 0. The van der Waals surface area contributed by atoms with Gasteiger partial charge in [0.1, 0.15) is 0 Å². The molecule has 4 nitrogen and oxygen atoms in total. The Morgan fingerprint density at radius 2 is 1.72 bits per heavy atom. The molecular formula is C13H22N2O2S. The van der Waals surface area contributed by atoms with Gasteiger partial charge in [-0.3, -0.25) is 0 Å². The highest BCUT2D eigenvalue weighted by molar-refractivity contribution is 7.89. The van der Waals surface area contributed by atoms with Crippen LogP contribution in [-0.4, -0.2) is 39.5 Å². The van der Waals surface area contributed by atoms with E-state index in [2.05, 4.69) is 23.5 Å². The molecule has 1 N–H and O–H groups in total. The first-order chi connectivity index (χ1) is 8.60. The highest BCUT2D eigenvalue weighted by Crippen LogP contribution is 2.06. The topological polar surface area (TPSA) is 49.4 Å². The molecule has 0 aromatic heterocycles. The monoisotopic (exact) mass is 270 g/mol. The van der Waals surface area contributed by atoms with Crippen molar-refractivity contribution in [2.75, 3.05) is 26.2 Å². The molecule has 1 rings (SSSR count). The van der Waals surface area contributed by atoms with Gasteiger partial charge in [0.05, 0.1) is 4.90 Å². The number of benzene rings is 1. The molecule has 1 aromatic carbocycles. The maximum Gasteiger partial charge on any atom is 0.240 e. The van der Waals surface area contributed by atoms with Crippen LogP contribution < -0.4 is 4.72 Å². The fourth-order valence-electron chi connectivity index (χ4n) is 1.73. The van der Waals surface area contributed by atoms with Crippen LogP contribution in [0.15, 0.2) is 35.2 Å². The maximum absolute atomic E-state index is 11.9. The zero-order chi connectivity index (χ0) is 13.4. The minimum absolute atomic E-state index is 0.327. The standard InChI is InChI=1S/C13H22N2O2S/c1-3-15(4-2)12-8-11-14-18(16,17)13-9-6-5-7-10-13/h5-7,9-10,14H,3-4,8,11-12H2,1-2H3. The molecule has 0 radical (unpaired) electrons. The summed E-state index contributed by atoms with van der Waals surface area (Å²) >= 11 is 0. The van der Waals surface area contributed by atoms with Crippen LogP contribution >= 0.6 is 0 Å². The summed E-state index contributed by atoms with van der Waals surface area (Å²) in [6.45, 7) is 7.62. The Labute approximate surface area is 110 Å². The summed E-state index contributed by atoms with van der Waals surface area (Å²) in [6, 6.07) is 8.47. The van der Waals surface area contributed by atoms with E-state index in [1.807, 2.05) is 0 Å². The van der Waals surface area contributed by atoms with Gasteiger partial charge in [0.2, 0.25) is 10.0 Å². The molecule has 102 valence electrons. The lowest BCUT2D eigenvalue weighted by Gasteiger charge is -2.17. The van der Waals surface area contributed by atoms with Gasteiger partial charge in [-0.15, -0.1) is 0 Å². The number of sulfonamides is 1. The average Bonchev–Trinajstić information content (AvgIpc) is 2.40. The first kappa shape index (κ1) is 15.1. The molecule has 18 heavy (non-hydrogen) atoms. The molecule has 0 aliphatic heterocycles. The van der Waals surface area contributed by atoms with Crippen LogP contribution in [0.5, 0.6) is 0 Å². The van der Waals surface area contributed by atoms with Crippen molar-refractivity contribution in [3.8, 4) is 0 Å². The van der Waals surface area contributed by atoms with Gasteiger partial charge in [0.25, 0.3) is 0 Å². The van der Waals surface area contributed by atoms with Gasteiger partial charge >= 0.3 is 0 Å². The van der Waals surface area contributed by atoms with E-state index in [1.165, 1.54) is 0 Å². The van der Waals surface area contributed by atoms with E-state index in [0.29, 0.717) is 11.4 Å². The summed E-state index contributed by atoms with van der Waals surface area (Å²) in [4.78, 5) is 2.60. The number of hydrogen-bond acceptors (Lipinski definition) is 3. The average molecular weight is 270 g/mol. The quantitative estimate of drug-likeness (QED) is 0.731. The molecule has 0 unspecified atom stereocenters. The van der Waals surface area contributed by atoms with Crippen molar-refractivity contribution in [1.82, 2.24) is 9.62 Å². The number of hydrogen-bond donors (Lipinski definition) is 1. The molecule has 5 heteroatoms. The minimum atomic E-state index is -3.34. The van der Waals surface area contributed by atoms with Crippen molar-refractivity contribution in [1.29, 1.82) is 0 Å². The molecule has 0 bridgehead atoms. The lowest BCUT2D eigenvalue weighted by molar-refractivity contribution is 0.300. The molecule has 1 aromatic rings. The predicted molar refractivity (Wildman–Crippen MR) is 74.0 cm³/mol. The third kappa shape index (κ3) is 4.76. The second-order valence-corrected chi connectivity index (χ2v) is 5.86. The highest BCUT2D eigenvalue weighted by Gasteiger charge is 2.12. The highest BCUT2D eigenvalue weighted by atomic mass is 32.2. The van der Waals surface area contributed by atoms with Crippen LogP contribution in [-0.2, 0) is 10.0 Å². The van der Waals surface area contributed by atoms with Crippen molar-refractivity contribution >= 4 is 10.0 Å². The Morgan fingerprint density at radius 3 is 2.28 bits per heavy atom. The summed E-state index contributed by atoms with van der Waals surface area (Å²) in [7, 11) is -3.34. The van der Waals surface area contributed by atoms with E-state index < -0.39 is 10.0 Å². The van der Waals surface area contributed by atoms with Gasteiger partial charge in [0, 0.05) is 6.54 Å². The predicted octanol–water partition coefficient (Wildman–Crippen LogP) is 1.70. The van der Waals surface area contributed by atoms with Crippen molar-refractivity contribution in [2.24, 2.45) is 0 Å². The lowest BCUT2D eigenvalue weighted by Crippen LogP contribution is -2.29. The molecule has 0 saturated heterocycles. The van der Waals surface area contributed by atoms with Gasteiger partial charge < -0.3 is 4.90 Å². The summed E-state index contributed by atoms with van der Waals surface area (Å²) in [5.41, 5.74) is 0. The van der Waals surface area contributed by atoms with E-state index in [9.17, 15) is 8.42 Å². The van der Waals surface area contributed by atoms with Crippen LogP contribution in [0.1, 0.15) is 20.3 Å². The Balaban J connectivity index is 2.40. The van der Waals surface area contributed by atoms with E-state index in [1.54, 1.807) is 30.3 Å². The smallest absolute Gasteiger partial charge is 0.240 e. The van der Waals surface area contributed by atoms with Crippen LogP contribution in [0.25, 0.3) is 0 Å². The van der Waals surface area contributed by atoms with Gasteiger partial charge in [-0.05, 0) is 38.2 Å². The fraction of sp³-hybridized carbons (Fsp3) is 0.538. The summed E-state index contributed by atoms with van der Waals surface area (Å²) in [5, 5.41) is 0. The second kappa shape index (κ2) is 7.51. The number of nitrogens with one attached hydrogen (secondary N) is 1. The van der Waals surface area contributed by atoms with E-state index >= 15 is 0 Å². The molecule has 0 heterocycles. The molecule has 0 saturated carbocycles.